The molecule has 1 unspecified atom stereocenters. The van der Waals surface area contributed by atoms with Gasteiger partial charge in [0.2, 0.25) is 5.95 Å². The maximum atomic E-state index is 12.6. The molecule has 1 aliphatic heterocycles. The number of hydrogen-bond acceptors (Lipinski definition) is 8. The zero-order valence-corrected chi connectivity index (χ0v) is 16.1. The number of aromatic amines is 1. The van der Waals surface area contributed by atoms with Gasteiger partial charge >= 0.3 is 5.69 Å². The molecule has 2 N–H and O–H groups in total. The SMILES string of the molecule is Cn1c(=O)[nH]c(=O)c2c1nc(N1CCOCC1)n2CC(O)c1ccc([N+](=O)[O-])cc1. The van der Waals surface area contributed by atoms with Crippen molar-refractivity contribution in [3.05, 3.63) is 60.8 Å². The lowest BCUT2D eigenvalue weighted by Gasteiger charge is -2.28. The Bertz CT molecular complexity index is 1200. The summed E-state index contributed by atoms with van der Waals surface area (Å²) in [6.07, 6.45) is -1.06. The van der Waals surface area contributed by atoms with Gasteiger partial charge in [-0.05, 0) is 17.7 Å². The van der Waals surface area contributed by atoms with E-state index in [-0.39, 0.29) is 23.4 Å². The third kappa shape index (κ3) is 3.46. The molecule has 4 rings (SSSR count). The Kier molecular flexibility index (Phi) is 5.10. The van der Waals surface area contributed by atoms with Crippen molar-refractivity contribution in [2.24, 2.45) is 7.05 Å². The molecule has 1 aromatic carbocycles. The summed E-state index contributed by atoms with van der Waals surface area (Å²) < 4.78 is 8.20. The molecule has 3 heterocycles. The number of non-ortho nitro benzene ring substituents is 1. The molecule has 0 radical (unpaired) electrons. The van der Waals surface area contributed by atoms with Crippen molar-refractivity contribution >= 4 is 22.8 Å². The largest absolute Gasteiger partial charge is 0.387 e. The first-order valence-electron chi connectivity index (χ1n) is 9.31. The highest BCUT2D eigenvalue weighted by Gasteiger charge is 2.25. The maximum absolute atomic E-state index is 12.6. The molecule has 0 bridgehead atoms. The number of fused-ring (bicyclic) bond motifs is 1. The number of anilines is 1. The van der Waals surface area contributed by atoms with Crippen LogP contribution >= 0.6 is 0 Å². The highest BCUT2D eigenvalue weighted by atomic mass is 16.6. The van der Waals surface area contributed by atoms with Crippen LogP contribution < -0.4 is 16.1 Å². The number of nitrogens with zero attached hydrogens (tertiary/aromatic N) is 5. The van der Waals surface area contributed by atoms with Gasteiger partial charge in [0.25, 0.3) is 11.2 Å². The summed E-state index contributed by atoms with van der Waals surface area (Å²) >= 11 is 0. The Morgan fingerprint density at radius 3 is 2.57 bits per heavy atom. The molecule has 0 spiro atoms. The molecule has 1 atom stereocenters. The third-order valence-corrected chi connectivity index (χ3v) is 5.13. The Morgan fingerprint density at radius 1 is 1.27 bits per heavy atom. The smallest absolute Gasteiger partial charge is 0.329 e. The number of nitro groups is 1. The maximum Gasteiger partial charge on any atom is 0.329 e. The van der Waals surface area contributed by atoms with Crippen LogP contribution in [0.1, 0.15) is 11.7 Å². The van der Waals surface area contributed by atoms with Crippen LogP contribution in [0, 0.1) is 10.1 Å². The number of aromatic nitrogens is 4. The van der Waals surface area contributed by atoms with E-state index in [4.69, 9.17) is 4.74 Å². The van der Waals surface area contributed by atoms with Crippen LogP contribution in [-0.4, -0.2) is 55.4 Å². The molecule has 0 saturated carbocycles. The topological polar surface area (TPSA) is 149 Å². The van der Waals surface area contributed by atoms with E-state index in [0.717, 1.165) is 0 Å². The number of ether oxygens (including phenoxy) is 1. The number of aliphatic hydroxyl groups excluding tert-OH is 1. The van der Waals surface area contributed by atoms with Gasteiger partial charge < -0.3 is 19.3 Å². The third-order valence-electron chi connectivity index (χ3n) is 5.13. The van der Waals surface area contributed by atoms with Crippen LogP contribution in [0.25, 0.3) is 11.2 Å². The van der Waals surface area contributed by atoms with Crippen molar-refractivity contribution in [3.8, 4) is 0 Å². The molecule has 1 fully saturated rings. The molecule has 3 aromatic rings. The van der Waals surface area contributed by atoms with E-state index in [2.05, 4.69) is 9.97 Å². The Hall–Kier alpha value is -3.51. The number of hydrogen-bond donors (Lipinski definition) is 2. The molecule has 158 valence electrons. The van der Waals surface area contributed by atoms with Crippen molar-refractivity contribution in [3.63, 3.8) is 0 Å². The van der Waals surface area contributed by atoms with Gasteiger partial charge in [-0.2, -0.15) is 4.98 Å². The number of benzene rings is 1. The predicted octanol–water partition coefficient (Wildman–Crippen LogP) is -0.0983. The van der Waals surface area contributed by atoms with Crippen molar-refractivity contribution in [1.29, 1.82) is 0 Å². The number of morpholine rings is 1. The molecule has 12 heteroatoms. The fourth-order valence-electron chi connectivity index (χ4n) is 3.50. The minimum atomic E-state index is -1.06. The van der Waals surface area contributed by atoms with Crippen molar-refractivity contribution in [1.82, 2.24) is 19.1 Å². The minimum absolute atomic E-state index is 0.0255. The fraction of sp³-hybridized carbons (Fsp3) is 0.389. The number of aryl methyl sites for hydroxylation is 1. The molecule has 1 saturated heterocycles. The van der Waals surface area contributed by atoms with Crippen LogP contribution in [0.2, 0.25) is 0 Å². The molecular weight excluding hydrogens is 396 g/mol. The first-order chi connectivity index (χ1) is 14.4. The molecule has 30 heavy (non-hydrogen) atoms. The summed E-state index contributed by atoms with van der Waals surface area (Å²) in [6.45, 7) is 2.04. The highest BCUT2D eigenvalue weighted by Crippen LogP contribution is 2.25. The van der Waals surface area contributed by atoms with Gasteiger partial charge in [-0.25, -0.2) is 4.79 Å². The monoisotopic (exact) mass is 416 g/mol. The first kappa shape index (κ1) is 19.8. The van der Waals surface area contributed by atoms with Gasteiger partial charge in [-0.3, -0.25) is 24.5 Å². The Labute approximate surface area is 169 Å². The van der Waals surface area contributed by atoms with Gasteiger partial charge in [0.1, 0.15) is 0 Å². The summed E-state index contributed by atoms with van der Waals surface area (Å²) in [5.74, 6) is 0.445. The quantitative estimate of drug-likeness (QED) is 0.433. The van der Waals surface area contributed by atoms with Crippen molar-refractivity contribution in [2.45, 2.75) is 12.6 Å². The number of nitro benzene ring substituents is 1. The molecule has 0 amide bonds. The molecule has 2 aromatic heterocycles. The summed E-state index contributed by atoms with van der Waals surface area (Å²) in [6, 6.07) is 5.56. The summed E-state index contributed by atoms with van der Waals surface area (Å²) in [4.78, 5) is 43.6. The van der Waals surface area contributed by atoms with Crippen LogP contribution in [0.5, 0.6) is 0 Å². The summed E-state index contributed by atoms with van der Waals surface area (Å²) in [5, 5.41) is 21.6. The lowest BCUT2D eigenvalue weighted by atomic mass is 10.1. The van der Waals surface area contributed by atoms with Crippen LogP contribution in [0.4, 0.5) is 11.6 Å². The van der Waals surface area contributed by atoms with Crippen LogP contribution in [0.15, 0.2) is 33.9 Å². The van der Waals surface area contributed by atoms with Gasteiger partial charge in [-0.15, -0.1) is 0 Å². The van der Waals surface area contributed by atoms with Crippen molar-refractivity contribution < 1.29 is 14.8 Å². The van der Waals surface area contributed by atoms with Crippen LogP contribution in [-0.2, 0) is 18.3 Å². The average molecular weight is 416 g/mol. The molecule has 0 aliphatic carbocycles. The normalized spacial score (nSPS) is 15.5. The van der Waals surface area contributed by atoms with Crippen LogP contribution in [0.3, 0.4) is 0 Å². The van der Waals surface area contributed by atoms with Gasteiger partial charge in [-0.1, -0.05) is 0 Å². The molecule has 12 nitrogen and oxygen atoms in total. The number of H-pyrrole nitrogens is 1. The van der Waals surface area contributed by atoms with E-state index in [1.54, 1.807) is 4.57 Å². The lowest BCUT2D eigenvalue weighted by Crippen LogP contribution is -2.38. The standard InChI is InChI=1S/C18H20N6O6/c1-21-15-14(16(26)20-18(21)27)23(17(19-15)22-6-8-30-9-7-22)10-13(25)11-2-4-12(5-3-11)24(28)29/h2-5,13,25H,6-10H2,1H3,(H,20,26,27). The Balaban J connectivity index is 1.79. The van der Waals surface area contributed by atoms with Gasteiger partial charge in [0.05, 0.1) is 30.8 Å². The number of rotatable bonds is 5. The van der Waals surface area contributed by atoms with E-state index >= 15 is 0 Å². The van der Waals surface area contributed by atoms with E-state index in [1.165, 1.54) is 35.9 Å². The Morgan fingerprint density at radius 2 is 1.93 bits per heavy atom. The van der Waals surface area contributed by atoms with Crippen molar-refractivity contribution in [2.75, 3.05) is 31.2 Å². The number of aliphatic hydroxyl groups is 1. The zero-order chi connectivity index (χ0) is 21.4. The van der Waals surface area contributed by atoms with E-state index in [1.807, 2.05) is 4.90 Å². The fourth-order valence-corrected chi connectivity index (χ4v) is 3.50. The number of imidazole rings is 1. The van der Waals surface area contributed by atoms with E-state index in [9.17, 15) is 24.8 Å². The summed E-state index contributed by atoms with van der Waals surface area (Å²) in [5.41, 5.74) is -0.436. The second kappa shape index (κ2) is 7.72. The first-order valence-corrected chi connectivity index (χ1v) is 9.31. The second-order valence-corrected chi connectivity index (χ2v) is 6.98. The lowest BCUT2D eigenvalue weighted by molar-refractivity contribution is -0.384. The number of nitrogens with one attached hydrogen (secondary N) is 1. The minimum Gasteiger partial charge on any atom is -0.387 e. The predicted molar refractivity (Wildman–Crippen MR) is 107 cm³/mol. The van der Waals surface area contributed by atoms with E-state index < -0.39 is 22.3 Å². The second-order valence-electron chi connectivity index (χ2n) is 6.98. The molecule has 1 aliphatic rings. The van der Waals surface area contributed by atoms with Gasteiger partial charge in [0.15, 0.2) is 11.2 Å². The summed E-state index contributed by atoms with van der Waals surface area (Å²) in [7, 11) is 1.51. The molecular formula is C18H20N6O6. The highest BCUT2D eigenvalue weighted by molar-refractivity contribution is 5.74. The zero-order valence-electron chi connectivity index (χ0n) is 16.1. The van der Waals surface area contributed by atoms with Gasteiger partial charge in [0, 0.05) is 32.3 Å². The van der Waals surface area contributed by atoms with E-state index in [0.29, 0.717) is 37.8 Å². The average Bonchev–Trinajstić information content (AvgIpc) is 3.12.